The maximum Gasteiger partial charge on any atom is 0.416 e. The smallest absolute Gasteiger partial charge is 0.416 e. The fraction of sp³-hybridized carbons (Fsp3) is 0.143. The third-order valence-corrected chi connectivity index (χ3v) is 4.83. The van der Waals surface area contributed by atoms with Crippen LogP contribution >= 0.6 is 0 Å². The van der Waals surface area contributed by atoms with Crippen LogP contribution in [0.15, 0.2) is 54.2 Å². The predicted molar refractivity (Wildman–Crippen MR) is 98.0 cm³/mol. The zero-order valence-electron chi connectivity index (χ0n) is 15.2. The van der Waals surface area contributed by atoms with Crippen molar-refractivity contribution >= 4 is 28.4 Å². The summed E-state index contributed by atoms with van der Waals surface area (Å²) in [6.45, 7) is -0.267. The van der Waals surface area contributed by atoms with Gasteiger partial charge in [-0.1, -0.05) is 12.1 Å². The molecule has 0 spiro atoms. The summed E-state index contributed by atoms with van der Waals surface area (Å²) in [5.74, 6) is -3.16. The molecule has 0 atom stereocenters. The Morgan fingerprint density at radius 2 is 1.80 bits per heavy atom. The van der Waals surface area contributed by atoms with E-state index in [-0.39, 0.29) is 23.1 Å². The molecule has 1 aliphatic rings. The van der Waals surface area contributed by atoms with Gasteiger partial charge in [-0.05, 0) is 35.9 Å². The number of alkyl halides is 3. The molecule has 0 saturated carbocycles. The van der Waals surface area contributed by atoms with Gasteiger partial charge in [0.1, 0.15) is 18.2 Å². The monoisotopic (exact) mass is 419 g/mol. The first kappa shape index (κ1) is 19.7. The standard InChI is InChI=1S/C21H13F4NO4/c22-13-5-6-17-14(7-13)15(18(27)16-10-30-20(29)19(16)28)9-26(17)8-11-1-3-12(4-2-11)21(23,24)25/h1-7,9,27H,8,10H2. The fourth-order valence-corrected chi connectivity index (χ4v) is 3.32. The van der Waals surface area contributed by atoms with Crippen molar-refractivity contribution in [1.29, 1.82) is 0 Å². The summed E-state index contributed by atoms with van der Waals surface area (Å²) in [6.07, 6.45) is -3.01. The lowest BCUT2D eigenvalue weighted by Crippen LogP contribution is -2.08. The molecule has 0 amide bonds. The first-order valence-corrected chi connectivity index (χ1v) is 8.73. The number of aliphatic hydroxyl groups is 1. The number of hydrogen-bond donors (Lipinski definition) is 1. The number of carbonyl (C=O) groups is 2. The normalized spacial score (nSPS) is 16.3. The van der Waals surface area contributed by atoms with E-state index in [2.05, 4.69) is 4.74 Å². The Balaban J connectivity index is 1.78. The van der Waals surface area contributed by atoms with Crippen LogP contribution in [-0.2, 0) is 27.0 Å². The summed E-state index contributed by atoms with van der Waals surface area (Å²) >= 11 is 0. The van der Waals surface area contributed by atoms with Crippen molar-refractivity contribution in [3.8, 4) is 0 Å². The van der Waals surface area contributed by atoms with Crippen LogP contribution < -0.4 is 0 Å². The van der Waals surface area contributed by atoms with Crippen molar-refractivity contribution < 1.29 is 37.0 Å². The average molecular weight is 419 g/mol. The van der Waals surface area contributed by atoms with Gasteiger partial charge in [-0.3, -0.25) is 4.79 Å². The van der Waals surface area contributed by atoms with E-state index in [1.165, 1.54) is 30.5 Å². The lowest BCUT2D eigenvalue weighted by molar-refractivity contribution is -0.146. The molecule has 1 aliphatic heterocycles. The quantitative estimate of drug-likeness (QED) is 0.227. The third kappa shape index (κ3) is 3.42. The second kappa shape index (κ2) is 7.01. The largest absolute Gasteiger partial charge is 0.507 e. The van der Waals surface area contributed by atoms with Crippen LogP contribution in [0, 0.1) is 5.82 Å². The molecule has 3 aromatic rings. The van der Waals surface area contributed by atoms with E-state index in [0.29, 0.717) is 11.1 Å². The van der Waals surface area contributed by atoms with Gasteiger partial charge in [-0.2, -0.15) is 13.2 Å². The van der Waals surface area contributed by atoms with Gasteiger partial charge in [0.05, 0.1) is 11.1 Å². The highest BCUT2D eigenvalue weighted by atomic mass is 19.4. The van der Waals surface area contributed by atoms with E-state index in [0.717, 1.165) is 18.2 Å². The van der Waals surface area contributed by atoms with Crippen LogP contribution in [0.5, 0.6) is 0 Å². The van der Waals surface area contributed by atoms with E-state index in [9.17, 15) is 32.3 Å². The van der Waals surface area contributed by atoms with Crippen molar-refractivity contribution in [2.75, 3.05) is 6.61 Å². The number of ketones is 1. The van der Waals surface area contributed by atoms with Crippen LogP contribution in [0.1, 0.15) is 16.7 Å². The Morgan fingerprint density at radius 1 is 1.10 bits per heavy atom. The minimum atomic E-state index is -4.45. The van der Waals surface area contributed by atoms with Crippen molar-refractivity contribution in [1.82, 2.24) is 4.57 Å². The number of nitrogens with zero attached hydrogens (tertiary/aromatic N) is 1. The van der Waals surface area contributed by atoms with E-state index >= 15 is 0 Å². The number of esters is 1. The number of hydrogen-bond acceptors (Lipinski definition) is 4. The average Bonchev–Trinajstić information content (AvgIpc) is 3.21. The summed E-state index contributed by atoms with van der Waals surface area (Å²) in [5.41, 5.74) is 0.114. The second-order valence-electron chi connectivity index (χ2n) is 6.76. The fourth-order valence-electron chi connectivity index (χ4n) is 3.32. The maximum atomic E-state index is 13.8. The lowest BCUT2D eigenvalue weighted by atomic mass is 10.1. The number of benzene rings is 2. The second-order valence-corrected chi connectivity index (χ2v) is 6.76. The molecule has 9 heteroatoms. The number of carbonyl (C=O) groups excluding carboxylic acids is 2. The van der Waals surface area contributed by atoms with Gasteiger partial charge < -0.3 is 14.4 Å². The third-order valence-electron chi connectivity index (χ3n) is 4.83. The van der Waals surface area contributed by atoms with Gasteiger partial charge in [0.2, 0.25) is 0 Å². The first-order chi connectivity index (χ1) is 14.1. The molecule has 1 N–H and O–H groups in total. The molecule has 1 aromatic heterocycles. The Kier molecular flexibility index (Phi) is 4.60. The zero-order valence-corrected chi connectivity index (χ0v) is 15.2. The molecule has 0 unspecified atom stereocenters. The summed E-state index contributed by atoms with van der Waals surface area (Å²) in [6, 6.07) is 8.38. The Morgan fingerprint density at radius 3 is 2.40 bits per heavy atom. The number of cyclic esters (lactones) is 1. The van der Waals surface area contributed by atoms with Crippen LogP contribution in [0.4, 0.5) is 17.6 Å². The molecule has 1 saturated heterocycles. The number of aromatic nitrogens is 1. The SMILES string of the molecule is O=C1OCC(=C(O)c2cn(Cc3ccc(C(F)(F)F)cc3)c3ccc(F)cc23)C1=O. The van der Waals surface area contributed by atoms with Gasteiger partial charge in [-0.25, -0.2) is 9.18 Å². The zero-order chi connectivity index (χ0) is 21.6. The highest BCUT2D eigenvalue weighted by Gasteiger charge is 2.33. The maximum absolute atomic E-state index is 13.8. The van der Waals surface area contributed by atoms with Crippen LogP contribution in [0.25, 0.3) is 16.7 Å². The van der Waals surface area contributed by atoms with E-state index in [4.69, 9.17) is 0 Å². The van der Waals surface area contributed by atoms with Crippen molar-refractivity contribution in [2.45, 2.75) is 12.7 Å². The molecule has 0 aliphatic carbocycles. The summed E-state index contributed by atoms with van der Waals surface area (Å²) in [7, 11) is 0. The number of Topliss-reactive ketones (excluding diaryl/α,β-unsaturated/α-hetero) is 1. The van der Waals surface area contributed by atoms with E-state index in [1.807, 2.05) is 0 Å². The number of halogens is 4. The highest BCUT2D eigenvalue weighted by molar-refractivity contribution is 6.43. The predicted octanol–water partition coefficient (Wildman–Crippen LogP) is 4.24. The topological polar surface area (TPSA) is 68.5 Å². The van der Waals surface area contributed by atoms with Gasteiger partial charge in [0.15, 0.2) is 0 Å². The molecule has 1 fully saturated rings. The van der Waals surface area contributed by atoms with E-state index in [1.54, 1.807) is 4.57 Å². The summed E-state index contributed by atoms with van der Waals surface area (Å²) in [4.78, 5) is 23.2. The molecule has 0 radical (unpaired) electrons. The molecule has 5 nitrogen and oxygen atoms in total. The lowest BCUT2D eigenvalue weighted by Gasteiger charge is -2.09. The molecule has 2 heterocycles. The number of aliphatic hydroxyl groups excluding tert-OH is 1. The molecule has 4 rings (SSSR count). The van der Waals surface area contributed by atoms with Crippen molar-refractivity contribution in [2.24, 2.45) is 0 Å². The van der Waals surface area contributed by atoms with Gasteiger partial charge in [0.25, 0.3) is 5.78 Å². The minimum absolute atomic E-state index is 0.109. The first-order valence-electron chi connectivity index (χ1n) is 8.73. The summed E-state index contributed by atoms with van der Waals surface area (Å²) < 4.78 is 58.3. The van der Waals surface area contributed by atoms with Crippen molar-refractivity contribution in [3.63, 3.8) is 0 Å². The van der Waals surface area contributed by atoms with Crippen LogP contribution in [0.3, 0.4) is 0 Å². The summed E-state index contributed by atoms with van der Waals surface area (Å²) in [5, 5.41) is 10.8. The number of rotatable bonds is 3. The van der Waals surface area contributed by atoms with Gasteiger partial charge in [-0.15, -0.1) is 0 Å². The Labute approximate surface area is 166 Å². The molecule has 154 valence electrons. The number of fused-ring (bicyclic) bond motifs is 1. The van der Waals surface area contributed by atoms with Gasteiger partial charge in [0, 0.05) is 29.2 Å². The van der Waals surface area contributed by atoms with Crippen LogP contribution in [0.2, 0.25) is 0 Å². The molecular formula is C21H13F4NO4. The highest BCUT2D eigenvalue weighted by Crippen LogP contribution is 2.32. The Bertz CT molecular complexity index is 1210. The molecule has 2 aromatic carbocycles. The Hall–Kier alpha value is -3.62. The minimum Gasteiger partial charge on any atom is -0.507 e. The molecule has 30 heavy (non-hydrogen) atoms. The van der Waals surface area contributed by atoms with E-state index < -0.39 is 41.7 Å². The molecule has 0 bridgehead atoms. The van der Waals surface area contributed by atoms with Gasteiger partial charge >= 0.3 is 12.1 Å². The van der Waals surface area contributed by atoms with Crippen LogP contribution in [-0.4, -0.2) is 28.0 Å². The van der Waals surface area contributed by atoms with Crippen molar-refractivity contribution in [3.05, 3.63) is 76.7 Å². The molecular weight excluding hydrogens is 406 g/mol. The number of ether oxygens (including phenoxy) is 1.